The van der Waals surface area contributed by atoms with Crippen molar-refractivity contribution in [2.24, 2.45) is 0 Å². The molecule has 1 amide bonds. The van der Waals surface area contributed by atoms with Gasteiger partial charge in [0.1, 0.15) is 10.7 Å². The summed E-state index contributed by atoms with van der Waals surface area (Å²) >= 11 is 1.47. The number of piperazine rings is 1. The van der Waals surface area contributed by atoms with Gasteiger partial charge >= 0.3 is 0 Å². The molecule has 1 aromatic carbocycles. The third kappa shape index (κ3) is 3.60. The van der Waals surface area contributed by atoms with Crippen LogP contribution in [0.2, 0.25) is 0 Å². The SMILES string of the molecule is COCc1nc(C(=O)N2CCN(C)CC2c2ccccc2)cs1. The molecule has 23 heavy (non-hydrogen) atoms. The van der Waals surface area contributed by atoms with Gasteiger partial charge in [-0.15, -0.1) is 11.3 Å². The number of nitrogens with zero attached hydrogens (tertiary/aromatic N) is 3. The molecule has 2 aromatic rings. The van der Waals surface area contributed by atoms with E-state index in [0.29, 0.717) is 18.8 Å². The third-order valence-electron chi connectivity index (χ3n) is 4.07. The predicted molar refractivity (Wildman–Crippen MR) is 90.5 cm³/mol. The molecule has 0 radical (unpaired) electrons. The molecule has 1 fully saturated rings. The maximum Gasteiger partial charge on any atom is 0.273 e. The van der Waals surface area contributed by atoms with Crippen LogP contribution in [0.3, 0.4) is 0 Å². The fourth-order valence-electron chi connectivity index (χ4n) is 2.87. The highest BCUT2D eigenvalue weighted by atomic mass is 32.1. The van der Waals surface area contributed by atoms with Crippen molar-refractivity contribution in [3.63, 3.8) is 0 Å². The van der Waals surface area contributed by atoms with Crippen molar-refractivity contribution in [2.75, 3.05) is 33.8 Å². The second-order valence-electron chi connectivity index (χ2n) is 5.75. The average molecular weight is 331 g/mol. The van der Waals surface area contributed by atoms with Crippen molar-refractivity contribution in [3.8, 4) is 0 Å². The summed E-state index contributed by atoms with van der Waals surface area (Å²) in [4.78, 5) is 21.5. The number of carbonyl (C=O) groups is 1. The van der Waals surface area contributed by atoms with E-state index in [1.165, 1.54) is 16.9 Å². The van der Waals surface area contributed by atoms with Crippen molar-refractivity contribution < 1.29 is 9.53 Å². The van der Waals surface area contributed by atoms with E-state index in [-0.39, 0.29) is 11.9 Å². The lowest BCUT2D eigenvalue weighted by atomic mass is 10.0. The Balaban J connectivity index is 1.84. The highest BCUT2D eigenvalue weighted by molar-refractivity contribution is 7.09. The molecule has 5 nitrogen and oxygen atoms in total. The number of aromatic nitrogens is 1. The normalized spacial score (nSPS) is 19.0. The van der Waals surface area contributed by atoms with Crippen LogP contribution in [0.1, 0.15) is 27.1 Å². The molecule has 1 aromatic heterocycles. The van der Waals surface area contributed by atoms with Crippen molar-refractivity contribution in [1.29, 1.82) is 0 Å². The third-order valence-corrected chi connectivity index (χ3v) is 4.89. The molecule has 0 N–H and O–H groups in total. The molecule has 0 aliphatic carbocycles. The monoisotopic (exact) mass is 331 g/mol. The van der Waals surface area contributed by atoms with Gasteiger partial charge in [-0.3, -0.25) is 4.79 Å². The average Bonchev–Trinajstić information content (AvgIpc) is 3.04. The second kappa shape index (κ2) is 7.21. The maximum absolute atomic E-state index is 12.9. The Bertz CT molecular complexity index is 659. The van der Waals surface area contributed by atoms with E-state index >= 15 is 0 Å². The van der Waals surface area contributed by atoms with Gasteiger partial charge in [-0.1, -0.05) is 30.3 Å². The van der Waals surface area contributed by atoms with Crippen molar-refractivity contribution in [2.45, 2.75) is 12.6 Å². The first-order valence-corrected chi connectivity index (χ1v) is 8.55. The smallest absolute Gasteiger partial charge is 0.273 e. The highest BCUT2D eigenvalue weighted by Gasteiger charge is 2.31. The number of benzene rings is 1. The lowest BCUT2D eigenvalue weighted by Gasteiger charge is -2.40. The molecule has 0 spiro atoms. The Morgan fingerprint density at radius 2 is 2.13 bits per heavy atom. The summed E-state index contributed by atoms with van der Waals surface area (Å²) in [6, 6.07) is 10.3. The van der Waals surface area contributed by atoms with E-state index in [4.69, 9.17) is 4.74 Å². The van der Waals surface area contributed by atoms with Crippen molar-refractivity contribution in [1.82, 2.24) is 14.8 Å². The zero-order valence-corrected chi connectivity index (χ0v) is 14.3. The summed E-state index contributed by atoms with van der Waals surface area (Å²) in [7, 11) is 3.73. The number of rotatable bonds is 4. The maximum atomic E-state index is 12.9. The first-order chi connectivity index (χ1) is 11.2. The van der Waals surface area contributed by atoms with Gasteiger partial charge in [0.05, 0.1) is 12.6 Å². The van der Waals surface area contributed by atoms with E-state index in [1.54, 1.807) is 7.11 Å². The standard InChI is InChI=1S/C17H21N3O2S/c1-19-8-9-20(15(10-19)13-6-4-3-5-7-13)17(21)14-12-23-16(18-14)11-22-2/h3-7,12,15H,8-11H2,1-2H3. The van der Waals surface area contributed by atoms with Crippen LogP contribution in [0.4, 0.5) is 0 Å². The molecular weight excluding hydrogens is 310 g/mol. The Labute approximate surface area is 140 Å². The van der Waals surface area contributed by atoms with E-state index < -0.39 is 0 Å². The van der Waals surface area contributed by atoms with Gasteiger partial charge in [-0.2, -0.15) is 0 Å². The van der Waals surface area contributed by atoms with Crippen molar-refractivity contribution in [3.05, 3.63) is 52.0 Å². The van der Waals surface area contributed by atoms with Crippen LogP contribution >= 0.6 is 11.3 Å². The molecule has 1 aliphatic heterocycles. The van der Waals surface area contributed by atoms with E-state index in [1.807, 2.05) is 28.5 Å². The number of hydrogen-bond donors (Lipinski definition) is 0. The van der Waals surface area contributed by atoms with Gasteiger partial charge in [-0.25, -0.2) is 4.98 Å². The summed E-state index contributed by atoms with van der Waals surface area (Å²) in [6.45, 7) is 2.88. The first-order valence-electron chi connectivity index (χ1n) is 7.67. The molecule has 0 bridgehead atoms. The zero-order chi connectivity index (χ0) is 16.2. The van der Waals surface area contributed by atoms with Crippen LogP contribution in [0.25, 0.3) is 0 Å². The minimum atomic E-state index is 0.00514. The lowest BCUT2D eigenvalue weighted by molar-refractivity contribution is 0.0492. The topological polar surface area (TPSA) is 45.7 Å². The molecule has 1 saturated heterocycles. The molecule has 1 aliphatic rings. The largest absolute Gasteiger partial charge is 0.378 e. The molecular formula is C17H21N3O2S. The predicted octanol–water partition coefficient (Wildman–Crippen LogP) is 2.42. The summed E-state index contributed by atoms with van der Waals surface area (Å²) in [5, 5.41) is 2.66. The summed E-state index contributed by atoms with van der Waals surface area (Å²) in [5.41, 5.74) is 1.69. The van der Waals surface area contributed by atoms with Crippen LogP contribution in [0.15, 0.2) is 35.7 Å². The molecule has 3 rings (SSSR count). The zero-order valence-electron chi connectivity index (χ0n) is 13.4. The fourth-order valence-corrected chi connectivity index (χ4v) is 3.61. The molecule has 0 saturated carbocycles. The molecule has 2 heterocycles. The summed E-state index contributed by atoms with van der Waals surface area (Å²) in [6.07, 6.45) is 0. The first kappa shape index (κ1) is 16.1. The van der Waals surface area contributed by atoms with Crippen LogP contribution in [0, 0.1) is 0 Å². The van der Waals surface area contributed by atoms with Crippen molar-refractivity contribution >= 4 is 17.2 Å². The molecule has 1 atom stereocenters. The Kier molecular flexibility index (Phi) is 5.05. The quantitative estimate of drug-likeness (QED) is 0.863. The number of ether oxygens (including phenoxy) is 1. The van der Waals surface area contributed by atoms with E-state index in [0.717, 1.165) is 18.1 Å². The lowest BCUT2D eigenvalue weighted by Crippen LogP contribution is -2.49. The van der Waals surface area contributed by atoms with Gasteiger partial charge < -0.3 is 14.5 Å². The second-order valence-corrected chi connectivity index (χ2v) is 6.69. The number of methoxy groups -OCH3 is 1. The molecule has 6 heteroatoms. The van der Waals surface area contributed by atoms with Crippen LogP contribution in [-0.2, 0) is 11.3 Å². The molecule has 1 unspecified atom stereocenters. The highest BCUT2D eigenvalue weighted by Crippen LogP contribution is 2.27. The van der Waals surface area contributed by atoms with Crippen LogP contribution in [-0.4, -0.2) is 54.5 Å². The van der Waals surface area contributed by atoms with Gasteiger partial charge in [0.25, 0.3) is 5.91 Å². The number of hydrogen-bond acceptors (Lipinski definition) is 5. The van der Waals surface area contributed by atoms with Gasteiger partial charge in [0.2, 0.25) is 0 Å². The Morgan fingerprint density at radius 1 is 1.35 bits per heavy atom. The number of thiazole rings is 1. The Hall–Kier alpha value is -1.76. The number of amides is 1. The van der Waals surface area contributed by atoms with E-state index in [9.17, 15) is 4.79 Å². The van der Waals surface area contributed by atoms with Gasteiger partial charge in [-0.05, 0) is 12.6 Å². The fraction of sp³-hybridized carbons (Fsp3) is 0.412. The van der Waals surface area contributed by atoms with Crippen LogP contribution < -0.4 is 0 Å². The summed E-state index contributed by atoms with van der Waals surface area (Å²) in [5.74, 6) is 0.00514. The van der Waals surface area contributed by atoms with Gasteiger partial charge in [0, 0.05) is 32.1 Å². The van der Waals surface area contributed by atoms with Crippen LogP contribution in [0.5, 0.6) is 0 Å². The number of carbonyl (C=O) groups excluding carboxylic acids is 1. The minimum absolute atomic E-state index is 0.00514. The molecule has 122 valence electrons. The minimum Gasteiger partial charge on any atom is -0.378 e. The Morgan fingerprint density at radius 3 is 2.87 bits per heavy atom. The number of likely N-dealkylation sites (N-methyl/N-ethyl adjacent to an activating group) is 1. The van der Waals surface area contributed by atoms with Gasteiger partial charge in [0.15, 0.2) is 0 Å². The summed E-state index contributed by atoms with van der Waals surface area (Å²) < 4.78 is 5.09. The van der Waals surface area contributed by atoms with E-state index in [2.05, 4.69) is 29.1 Å².